The summed E-state index contributed by atoms with van der Waals surface area (Å²) in [5.41, 5.74) is 2.37. The van der Waals surface area contributed by atoms with Gasteiger partial charge in [0.25, 0.3) is 0 Å². The van der Waals surface area contributed by atoms with Crippen molar-refractivity contribution in [3.63, 3.8) is 0 Å². The molecule has 2 saturated heterocycles. The molecule has 0 spiro atoms. The molecular formula is C21H32F3N5O. The summed E-state index contributed by atoms with van der Waals surface area (Å²) in [7, 11) is 0. The van der Waals surface area contributed by atoms with Gasteiger partial charge in [-0.3, -0.25) is 9.80 Å². The highest BCUT2D eigenvalue weighted by Crippen LogP contribution is 2.20. The fraction of sp³-hybridized carbons (Fsp3) is 0.667. The first-order chi connectivity index (χ1) is 14.4. The van der Waals surface area contributed by atoms with Crippen LogP contribution in [0.25, 0.3) is 0 Å². The molecule has 9 heteroatoms. The number of nitrogens with one attached hydrogen (secondary N) is 2. The fourth-order valence-corrected chi connectivity index (χ4v) is 3.88. The zero-order chi connectivity index (χ0) is 21.4. The van der Waals surface area contributed by atoms with Crippen molar-refractivity contribution in [1.82, 2.24) is 20.4 Å². The summed E-state index contributed by atoms with van der Waals surface area (Å²) in [6.45, 7) is 7.52. The Morgan fingerprint density at radius 1 is 1.17 bits per heavy atom. The van der Waals surface area contributed by atoms with E-state index in [1.54, 1.807) is 0 Å². The van der Waals surface area contributed by atoms with Crippen molar-refractivity contribution in [2.24, 2.45) is 4.99 Å². The second-order valence-electron chi connectivity index (χ2n) is 7.88. The smallest absolute Gasteiger partial charge is 0.379 e. The van der Waals surface area contributed by atoms with Crippen molar-refractivity contribution in [2.45, 2.75) is 38.7 Å². The van der Waals surface area contributed by atoms with Crippen LogP contribution in [-0.4, -0.2) is 80.5 Å². The monoisotopic (exact) mass is 427 g/mol. The number of guanidine groups is 1. The Labute approximate surface area is 176 Å². The minimum atomic E-state index is -4.15. The molecule has 0 aromatic heterocycles. The summed E-state index contributed by atoms with van der Waals surface area (Å²) >= 11 is 0. The zero-order valence-corrected chi connectivity index (χ0v) is 17.5. The van der Waals surface area contributed by atoms with Gasteiger partial charge in [-0.2, -0.15) is 13.2 Å². The standard InChI is InChI=1S/C21H32F3N5O/c1-2-25-20(27-19-6-7-29(15-19)16-21(22,23)24)26-13-17-4-3-5-18(12-17)14-28-8-10-30-11-9-28/h3-5,12,19H,2,6-11,13-16H2,1H3,(H2,25,26,27). The Bertz CT molecular complexity index is 691. The van der Waals surface area contributed by atoms with E-state index in [0.29, 0.717) is 38.6 Å². The molecule has 1 aromatic carbocycles. The molecule has 0 bridgehead atoms. The normalized spacial score (nSPS) is 21.7. The van der Waals surface area contributed by atoms with Crippen molar-refractivity contribution in [1.29, 1.82) is 0 Å². The van der Waals surface area contributed by atoms with Crippen molar-refractivity contribution in [3.8, 4) is 0 Å². The van der Waals surface area contributed by atoms with E-state index in [1.165, 1.54) is 10.5 Å². The molecule has 2 aliphatic rings. The van der Waals surface area contributed by atoms with E-state index in [9.17, 15) is 13.2 Å². The molecule has 3 rings (SSSR count). The third-order valence-electron chi connectivity index (χ3n) is 5.28. The minimum Gasteiger partial charge on any atom is -0.379 e. The van der Waals surface area contributed by atoms with Gasteiger partial charge in [0, 0.05) is 45.3 Å². The maximum Gasteiger partial charge on any atom is 0.401 e. The van der Waals surface area contributed by atoms with Crippen molar-refractivity contribution in [3.05, 3.63) is 35.4 Å². The summed E-state index contributed by atoms with van der Waals surface area (Å²) in [5, 5.41) is 6.49. The van der Waals surface area contributed by atoms with Gasteiger partial charge < -0.3 is 15.4 Å². The van der Waals surface area contributed by atoms with Crippen LogP contribution in [-0.2, 0) is 17.8 Å². The van der Waals surface area contributed by atoms with Crippen molar-refractivity contribution >= 4 is 5.96 Å². The van der Waals surface area contributed by atoms with Crippen LogP contribution in [0.15, 0.2) is 29.3 Å². The highest BCUT2D eigenvalue weighted by atomic mass is 19.4. The number of morpholine rings is 1. The summed E-state index contributed by atoms with van der Waals surface area (Å²) in [4.78, 5) is 8.47. The number of aliphatic imine (C=N–C) groups is 1. The lowest BCUT2D eigenvalue weighted by molar-refractivity contribution is -0.143. The molecule has 6 nitrogen and oxygen atoms in total. The molecule has 30 heavy (non-hydrogen) atoms. The molecule has 1 unspecified atom stereocenters. The van der Waals surface area contributed by atoms with Gasteiger partial charge in [0.2, 0.25) is 0 Å². The number of alkyl halides is 3. The molecule has 0 aliphatic carbocycles. The second kappa shape index (κ2) is 11.0. The largest absolute Gasteiger partial charge is 0.401 e. The van der Waals surface area contributed by atoms with Crippen LogP contribution in [0.2, 0.25) is 0 Å². The number of hydrogen-bond donors (Lipinski definition) is 2. The molecule has 2 fully saturated rings. The van der Waals surface area contributed by atoms with Crippen LogP contribution in [0, 0.1) is 0 Å². The van der Waals surface area contributed by atoms with Crippen molar-refractivity contribution < 1.29 is 17.9 Å². The van der Waals surface area contributed by atoms with Crippen LogP contribution in [0.5, 0.6) is 0 Å². The number of rotatable bonds is 7. The summed E-state index contributed by atoms with van der Waals surface area (Å²) in [5.74, 6) is 0.648. The predicted octanol–water partition coefficient (Wildman–Crippen LogP) is 2.21. The van der Waals surface area contributed by atoms with Gasteiger partial charge in [-0.15, -0.1) is 0 Å². The quantitative estimate of drug-likeness (QED) is 0.516. The lowest BCUT2D eigenvalue weighted by Gasteiger charge is -2.26. The minimum absolute atomic E-state index is 0.0298. The van der Waals surface area contributed by atoms with Gasteiger partial charge in [0.15, 0.2) is 5.96 Å². The van der Waals surface area contributed by atoms with E-state index < -0.39 is 12.7 Å². The van der Waals surface area contributed by atoms with Gasteiger partial charge in [-0.05, 0) is 24.5 Å². The molecule has 0 saturated carbocycles. The summed E-state index contributed by atoms with van der Waals surface area (Å²) in [6, 6.07) is 8.37. The average molecular weight is 428 g/mol. The Hall–Kier alpha value is -1.84. The maximum atomic E-state index is 12.6. The molecule has 2 N–H and O–H groups in total. The number of halogens is 3. The SMILES string of the molecule is CCNC(=NCc1cccc(CN2CCOCC2)c1)NC1CCN(CC(F)(F)F)C1. The predicted molar refractivity (Wildman–Crippen MR) is 111 cm³/mol. The van der Waals surface area contributed by atoms with Gasteiger partial charge in [-0.25, -0.2) is 4.99 Å². The average Bonchev–Trinajstić information content (AvgIpc) is 3.12. The Morgan fingerprint density at radius 3 is 2.67 bits per heavy atom. The lowest BCUT2D eigenvalue weighted by Crippen LogP contribution is -2.45. The fourth-order valence-electron chi connectivity index (χ4n) is 3.88. The van der Waals surface area contributed by atoms with E-state index in [4.69, 9.17) is 4.74 Å². The first-order valence-electron chi connectivity index (χ1n) is 10.6. The molecule has 1 aromatic rings. The number of nitrogens with zero attached hydrogens (tertiary/aromatic N) is 3. The van der Waals surface area contributed by atoms with E-state index in [1.807, 2.05) is 13.0 Å². The zero-order valence-electron chi connectivity index (χ0n) is 17.5. The number of benzene rings is 1. The molecule has 2 aliphatic heterocycles. The maximum absolute atomic E-state index is 12.6. The van der Waals surface area contributed by atoms with Gasteiger partial charge in [0.05, 0.1) is 26.3 Å². The third-order valence-corrected chi connectivity index (χ3v) is 5.28. The lowest BCUT2D eigenvalue weighted by atomic mass is 10.1. The van der Waals surface area contributed by atoms with Gasteiger partial charge >= 0.3 is 6.18 Å². The third kappa shape index (κ3) is 7.77. The molecule has 0 radical (unpaired) electrons. The molecule has 168 valence electrons. The van der Waals surface area contributed by atoms with Crippen LogP contribution in [0.1, 0.15) is 24.5 Å². The first kappa shape index (κ1) is 22.8. The molecular weight excluding hydrogens is 395 g/mol. The van der Waals surface area contributed by atoms with E-state index >= 15 is 0 Å². The number of ether oxygens (including phenoxy) is 1. The highest BCUT2D eigenvalue weighted by molar-refractivity contribution is 5.80. The molecule has 1 atom stereocenters. The van der Waals surface area contributed by atoms with Crippen LogP contribution in [0.4, 0.5) is 13.2 Å². The van der Waals surface area contributed by atoms with Crippen LogP contribution >= 0.6 is 0 Å². The Morgan fingerprint density at radius 2 is 1.93 bits per heavy atom. The van der Waals surface area contributed by atoms with Crippen molar-refractivity contribution in [2.75, 3.05) is 52.5 Å². The Kier molecular flexibility index (Phi) is 8.35. The van der Waals surface area contributed by atoms with Gasteiger partial charge in [-0.1, -0.05) is 24.3 Å². The first-order valence-corrected chi connectivity index (χ1v) is 10.6. The number of likely N-dealkylation sites (tertiary alicyclic amines) is 1. The molecule has 2 heterocycles. The van der Waals surface area contributed by atoms with Crippen LogP contribution < -0.4 is 10.6 Å². The Balaban J connectivity index is 1.53. The summed E-state index contributed by atoms with van der Waals surface area (Å²) in [6.07, 6.45) is -3.48. The highest BCUT2D eigenvalue weighted by Gasteiger charge is 2.34. The van der Waals surface area contributed by atoms with E-state index in [-0.39, 0.29) is 6.04 Å². The number of hydrogen-bond acceptors (Lipinski definition) is 4. The summed E-state index contributed by atoms with van der Waals surface area (Å²) < 4.78 is 43.2. The topological polar surface area (TPSA) is 52.1 Å². The van der Waals surface area contributed by atoms with Gasteiger partial charge in [0.1, 0.15) is 0 Å². The molecule has 0 amide bonds. The second-order valence-corrected chi connectivity index (χ2v) is 7.88. The van der Waals surface area contributed by atoms with E-state index in [2.05, 4.69) is 38.7 Å². The van der Waals surface area contributed by atoms with Crippen LogP contribution in [0.3, 0.4) is 0 Å². The van der Waals surface area contributed by atoms with E-state index in [0.717, 1.165) is 38.4 Å².